The molecule has 0 aromatic rings. The maximum Gasteiger partial charge on any atom is 0.0494 e. The number of hydrogen-bond acceptors (Lipinski definition) is 3. The second-order valence-electron chi connectivity index (χ2n) is 4.95. The van der Waals surface area contributed by atoms with E-state index in [2.05, 4.69) is 31.1 Å². The third-order valence-corrected chi connectivity index (χ3v) is 2.69. The highest BCUT2D eigenvalue weighted by atomic mass is 16.3. The van der Waals surface area contributed by atoms with E-state index in [1.165, 1.54) is 13.0 Å². The lowest BCUT2D eigenvalue weighted by atomic mass is 9.94. The number of likely N-dealkylation sites (tertiary alicyclic amines) is 1. The van der Waals surface area contributed by atoms with Gasteiger partial charge in [0.05, 0.1) is 0 Å². The SMILES string of the molecule is CN1CCC(NCC(C)(C)CO)C1. The molecule has 1 atom stereocenters. The van der Waals surface area contributed by atoms with E-state index in [0.717, 1.165) is 13.1 Å². The molecule has 13 heavy (non-hydrogen) atoms. The molecule has 3 nitrogen and oxygen atoms in total. The van der Waals surface area contributed by atoms with E-state index in [-0.39, 0.29) is 12.0 Å². The van der Waals surface area contributed by atoms with Crippen molar-refractivity contribution in [2.24, 2.45) is 5.41 Å². The summed E-state index contributed by atoms with van der Waals surface area (Å²) in [5.74, 6) is 0. The molecule has 1 saturated heterocycles. The Bertz CT molecular complexity index is 159. The van der Waals surface area contributed by atoms with Gasteiger partial charge in [-0.2, -0.15) is 0 Å². The third-order valence-electron chi connectivity index (χ3n) is 2.69. The highest BCUT2D eigenvalue weighted by Crippen LogP contribution is 2.13. The fourth-order valence-corrected chi connectivity index (χ4v) is 1.58. The number of nitrogens with one attached hydrogen (secondary N) is 1. The van der Waals surface area contributed by atoms with Crippen molar-refractivity contribution in [3.8, 4) is 0 Å². The van der Waals surface area contributed by atoms with Gasteiger partial charge in [-0.25, -0.2) is 0 Å². The van der Waals surface area contributed by atoms with Crippen LogP contribution in [0.15, 0.2) is 0 Å². The van der Waals surface area contributed by atoms with Gasteiger partial charge < -0.3 is 15.3 Å². The average molecular weight is 186 g/mol. The van der Waals surface area contributed by atoms with Gasteiger partial charge in [-0.05, 0) is 20.0 Å². The molecule has 0 bridgehead atoms. The van der Waals surface area contributed by atoms with E-state index >= 15 is 0 Å². The lowest BCUT2D eigenvalue weighted by Crippen LogP contribution is -2.39. The summed E-state index contributed by atoms with van der Waals surface area (Å²) < 4.78 is 0. The lowest BCUT2D eigenvalue weighted by Gasteiger charge is -2.24. The summed E-state index contributed by atoms with van der Waals surface area (Å²) in [6, 6.07) is 0.621. The molecule has 1 heterocycles. The predicted molar refractivity (Wildman–Crippen MR) is 54.8 cm³/mol. The minimum absolute atomic E-state index is 0.0150. The van der Waals surface area contributed by atoms with Gasteiger partial charge in [0.2, 0.25) is 0 Å². The van der Waals surface area contributed by atoms with Crippen LogP contribution >= 0.6 is 0 Å². The monoisotopic (exact) mass is 186 g/mol. The number of aliphatic hydroxyl groups is 1. The van der Waals surface area contributed by atoms with Crippen LogP contribution in [0.25, 0.3) is 0 Å². The number of nitrogens with zero attached hydrogens (tertiary/aromatic N) is 1. The van der Waals surface area contributed by atoms with Crippen LogP contribution in [-0.2, 0) is 0 Å². The Kier molecular flexibility index (Phi) is 3.71. The molecule has 1 aliphatic heterocycles. The first-order valence-corrected chi connectivity index (χ1v) is 5.06. The van der Waals surface area contributed by atoms with Gasteiger partial charge in [0.1, 0.15) is 0 Å². The minimum Gasteiger partial charge on any atom is -0.396 e. The zero-order valence-corrected chi connectivity index (χ0v) is 9.01. The highest BCUT2D eigenvalue weighted by molar-refractivity contribution is 4.81. The number of hydrogen-bond donors (Lipinski definition) is 2. The topological polar surface area (TPSA) is 35.5 Å². The Morgan fingerprint density at radius 2 is 2.23 bits per heavy atom. The fraction of sp³-hybridized carbons (Fsp3) is 1.00. The molecular formula is C10H22N2O. The van der Waals surface area contributed by atoms with Gasteiger partial charge >= 0.3 is 0 Å². The molecule has 3 heteroatoms. The Labute approximate surface area is 81.1 Å². The van der Waals surface area contributed by atoms with E-state index < -0.39 is 0 Å². The molecule has 0 amide bonds. The summed E-state index contributed by atoms with van der Waals surface area (Å²) in [6.45, 7) is 7.65. The van der Waals surface area contributed by atoms with Crippen LogP contribution in [0.3, 0.4) is 0 Å². The maximum absolute atomic E-state index is 9.07. The first kappa shape index (κ1) is 11.0. The molecule has 1 aliphatic rings. The molecule has 0 aliphatic carbocycles. The molecule has 0 saturated carbocycles. The van der Waals surface area contributed by atoms with Crippen molar-refractivity contribution in [2.45, 2.75) is 26.3 Å². The molecule has 0 aromatic carbocycles. The minimum atomic E-state index is 0.0150. The van der Waals surface area contributed by atoms with Crippen LogP contribution in [0.2, 0.25) is 0 Å². The quantitative estimate of drug-likeness (QED) is 0.663. The highest BCUT2D eigenvalue weighted by Gasteiger charge is 2.22. The molecule has 1 rings (SSSR count). The number of rotatable bonds is 4. The average Bonchev–Trinajstić information content (AvgIpc) is 2.48. The zero-order valence-electron chi connectivity index (χ0n) is 9.01. The third kappa shape index (κ3) is 3.63. The lowest BCUT2D eigenvalue weighted by molar-refractivity contribution is 0.153. The van der Waals surface area contributed by atoms with E-state index in [1.807, 2.05) is 0 Å². The summed E-state index contributed by atoms with van der Waals surface area (Å²) in [6.07, 6.45) is 1.23. The van der Waals surface area contributed by atoms with Crippen molar-refractivity contribution in [1.29, 1.82) is 0 Å². The van der Waals surface area contributed by atoms with Gasteiger partial charge in [0.15, 0.2) is 0 Å². The maximum atomic E-state index is 9.07. The first-order chi connectivity index (χ1) is 6.03. The van der Waals surface area contributed by atoms with Crippen molar-refractivity contribution in [1.82, 2.24) is 10.2 Å². The van der Waals surface area contributed by atoms with Gasteiger partial charge in [0.25, 0.3) is 0 Å². The van der Waals surface area contributed by atoms with Crippen LogP contribution in [0.4, 0.5) is 0 Å². The van der Waals surface area contributed by atoms with Crippen LogP contribution in [0.1, 0.15) is 20.3 Å². The van der Waals surface area contributed by atoms with Crippen LogP contribution in [0, 0.1) is 5.41 Å². The van der Waals surface area contributed by atoms with E-state index in [4.69, 9.17) is 5.11 Å². The summed E-state index contributed by atoms with van der Waals surface area (Å²) in [5, 5.41) is 12.6. The largest absolute Gasteiger partial charge is 0.396 e. The van der Waals surface area contributed by atoms with Gasteiger partial charge in [-0.15, -0.1) is 0 Å². The van der Waals surface area contributed by atoms with Crippen molar-refractivity contribution in [2.75, 3.05) is 33.3 Å². The Morgan fingerprint density at radius 3 is 2.69 bits per heavy atom. The van der Waals surface area contributed by atoms with Crippen LogP contribution < -0.4 is 5.32 Å². The summed E-state index contributed by atoms with van der Waals surface area (Å²) >= 11 is 0. The summed E-state index contributed by atoms with van der Waals surface area (Å²) in [7, 11) is 2.15. The Balaban J connectivity index is 2.19. The number of aliphatic hydroxyl groups excluding tert-OH is 1. The van der Waals surface area contributed by atoms with Crippen molar-refractivity contribution in [3.05, 3.63) is 0 Å². The van der Waals surface area contributed by atoms with Crippen molar-refractivity contribution in [3.63, 3.8) is 0 Å². The molecule has 0 aromatic heterocycles. The Morgan fingerprint density at radius 1 is 1.54 bits per heavy atom. The van der Waals surface area contributed by atoms with Gasteiger partial charge in [-0.3, -0.25) is 0 Å². The van der Waals surface area contributed by atoms with E-state index in [1.54, 1.807) is 0 Å². The standard InChI is InChI=1S/C10H22N2O/c1-10(2,8-13)7-11-9-4-5-12(3)6-9/h9,11,13H,4-8H2,1-3H3. The van der Waals surface area contributed by atoms with Gasteiger partial charge in [-0.1, -0.05) is 13.8 Å². The fourth-order valence-electron chi connectivity index (χ4n) is 1.58. The normalized spacial score (nSPS) is 25.4. The summed E-state index contributed by atoms with van der Waals surface area (Å²) in [4.78, 5) is 2.34. The summed E-state index contributed by atoms with van der Waals surface area (Å²) in [5.41, 5.74) is 0.0150. The predicted octanol–water partition coefficient (Wildman–Crippen LogP) is 0.299. The molecule has 0 radical (unpaired) electrons. The van der Waals surface area contributed by atoms with Crippen LogP contribution in [-0.4, -0.2) is 49.3 Å². The second-order valence-corrected chi connectivity index (χ2v) is 4.95. The first-order valence-electron chi connectivity index (χ1n) is 5.06. The molecule has 2 N–H and O–H groups in total. The molecule has 1 unspecified atom stereocenters. The second kappa shape index (κ2) is 4.40. The molecule has 78 valence electrons. The van der Waals surface area contributed by atoms with Crippen LogP contribution in [0.5, 0.6) is 0 Å². The van der Waals surface area contributed by atoms with Gasteiger partial charge in [0, 0.05) is 31.2 Å². The van der Waals surface area contributed by atoms with E-state index in [9.17, 15) is 0 Å². The molecule has 0 spiro atoms. The van der Waals surface area contributed by atoms with E-state index in [0.29, 0.717) is 6.04 Å². The van der Waals surface area contributed by atoms with Crippen molar-refractivity contribution >= 4 is 0 Å². The smallest absolute Gasteiger partial charge is 0.0494 e. The zero-order chi connectivity index (χ0) is 9.90. The Hall–Kier alpha value is -0.120. The van der Waals surface area contributed by atoms with Crippen molar-refractivity contribution < 1.29 is 5.11 Å². The molecular weight excluding hydrogens is 164 g/mol. The number of likely N-dealkylation sites (N-methyl/N-ethyl adjacent to an activating group) is 1. The molecule has 1 fully saturated rings.